The van der Waals surface area contributed by atoms with Crippen LogP contribution in [0.2, 0.25) is 5.02 Å². The number of hydrogen-bond donors (Lipinski definition) is 1. The Bertz CT molecular complexity index is 1040. The van der Waals surface area contributed by atoms with Gasteiger partial charge in [-0.15, -0.1) is 0 Å². The van der Waals surface area contributed by atoms with Crippen molar-refractivity contribution >= 4 is 17.3 Å². The van der Waals surface area contributed by atoms with Crippen molar-refractivity contribution in [3.05, 3.63) is 88.7 Å². The highest BCUT2D eigenvalue weighted by Crippen LogP contribution is 2.48. The maximum atomic E-state index is 10.3. The summed E-state index contributed by atoms with van der Waals surface area (Å²) in [5, 5.41) is 17.6. The van der Waals surface area contributed by atoms with Crippen molar-refractivity contribution in [3.8, 4) is 11.5 Å². The van der Waals surface area contributed by atoms with Crippen LogP contribution in [0.3, 0.4) is 0 Å². The van der Waals surface area contributed by atoms with E-state index in [0.717, 1.165) is 28.3 Å². The van der Waals surface area contributed by atoms with E-state index in [1.54, 1.807) is 18.3 Å². The molecule has 3 heterocycles. The number of hydrogen-bond acceptors (Lipinski definition) is 5. The lowest BCUT2D eigenvalue weighted by Crippen LogP contribution is -2.34. The number of phenols is 1. The van der Waals surface area contributed by atoms with Crippen LogP contribution in [0.4, 0.5) is 0 Å². The zero-order chi connectivity index (χ0) is 18.4. The standard InChI is InChI=1S/C21H16ClN3O2/c22-13-8-9-20-15(11-13)18-12-17(14-5-1-2-7-19(14)26)24-25(18)21(27-20)16-6-3-4-10-23-16/h1-11,18,21,26H,12H2/t18-,21-/m0/s1. The van der Waals surface area contributed by atoms with Gasteiger partial charge in [0.05, 0.1) is 11.8 Å². The average molecular weight is 378 g/mol. The zero-order valence-corrected chi connectivity index (χ0v) is 15.0. The first-order chi connectivity index (χ1) is 13.2. The van der Waals surface area contributed by atoms with E-state index in [1.807, 2.05) is 53.5 Å². The molecular weight excluding hydrogens is 362 g/mol. The summed E-state index contributed by atoms with van der Waals surface area (Å²) < 4.78 is 6.24. The highest BCUT2D eigenvalue weighted by molar-refractivity contribution is 6.30. The minimum atomic E-state index is -0.437. The maximum absolute atomic E-state index is 10.3. The Balaban J connectivity index is 1.63. The monoisotopic (exact) mass is 377 g/mol. The van der Waals surface area contributed by atoms with Gasteiger partial charge < -0.3 is 9.84 Å². The van der Waals surface area contributed by atoms with E-state index < -0.39 is 6.23 Å². The number of para-hydroxylation sites is 1. The van der Waals surface area contributed by atoms with Crippen LogP contribution in [0.5, 0.6) is 11.5 Å². The summed E-state index contributed by atoms with van der Waals surface area (Å²) in [6, 6.07) is 18.6. The summed E-state index contributed by atoms with van der Waals surface area (Å²) in [6.07, 6.45) is 1.96. The molecule has 6 heteroatoms. The predicted octanol–water partition coefficient (Wildman–Crippen LogP) is 4.68. The van der Waals surface area contributed by atoms with Crippen LogP contribution in [0.1, 0.15) is 35.5 Å². The van der Waals surface area contributed by atoms with E-state index >= 15 is 0 Å². The van der Waals surface area contributed by atoms with Gasteiger partial charge in [-0.3, -0.25) is 4.98 Å². The van der Waals surface area contributed by atoms with Crippen molar-refractivity contribution in [1.29, 1.82) is 0 Å². The Morgan fingerprint density at radius 3 is 2.74 bits per heavy atom. The third-order valence-electron chi connectivity index (χ3n) is 4.91. The summed E-state index contributed by atoms with van der Waals surface area (Å²) in [6.45, 7) is 0. The minimum absolute atomic E-state index is 0.0333. The Kier molecular flexibility index (Phi) is 3.76. The predicted molar refractivity (Wildman–Crippen MR) is 103 cm³/mol. The molecule has 2 aliphatic heterocycles. The largest absolute Gasteiger partial charge is 0.507 e. The summed E-state index contributed by atoms with van der Waals surface area (Å²) in [4.78, 5) is 4.46. The van der Waals surface area contributed by atoms with Crippen molar-refractivity contribution in [2.24, 2.45) is 5.10 Å². The summed E-state index contributed by atoms with van der Waals surface area (Å²) in [7, 11) is 0. The van der Waals surface area contributed by atoms with E-state index in [1.165, 1.54) is 0 Å². The summed E-state index contributed by atoms with van der Waals surface area (Å²) >= 11 is 6.24. The molecule has 0 saturated heterocycles. The molecule has 0 spiro atoms. The fourth-order valence-corrected chi connectivity index (χ4v) is 3.84. The van der Waals surface area contributed by atoms with Gasteiger partial charge in [0.15, 0.2) is 0 Å². The zero-order valence-electron chi connectivity index (χ0n) is 14.3. The van der Waals surface area contributed by atoms with Gasteiger partial charge in [0.1, 0.15) is 17.2 Å². The molecule has 0 unspecified atom stereocenters. The molecule has 0 fully saturated rings. The number of ether oxygens (including phenoxy) is 1. The lowest BCUT2D eigenvalue weighted by atomic mass is 9.96. The molecule has 1 N–H and O–H groups in total. The molecule has 0 saturated carbocycles. The lowest BCUT2D eigenvalue weighted by Gasteiger charge is -2.37. The van der Waals surface area contributed by atoms with Gasteiger partial charge in [0.25, 0.3) is 0 Å². The average Bonchev–Trinajstić information content (AvgIpc) is 3.14. The molecule has 0 aliphatic carbocycles. The van der Waals surface area contributed by atoms with E-state index in [4.69, 9.17) is 21.4 Å². The maximum Gasteiger partial charge on any atom is 0.230 e. The molecule has 134 valence electrons. The smallest absolute Gasteiger partial charge is 0.230 e. The molecule has 2 aliphatic rings. The molecular formula is C21H16ClN3O2. The molecule has 0 bridgehead atoms. The minimum Gasteiger partial charge on any atom is -0.507 e. The molecule has 5 rings (SSSR count). The molecule has 0 radical (unpaired) electrons. The van der Waals surface area contributed by atoms with Crippen molar-refractivity contribution in [2.45, 2.75) is 18.7 Å². The number of benzene rings is 2. The van der Waals surface area contributed by atoms with Crippen LogP contribution < -0.4 is 4.74 Å². The van der Waals surface area contributed by atoms with Crippen molar-refractivity contribution in [2.75, 3.05) is 0 Å². The van der Waals surface area contributed by atoms with Crippen molar-refractivity contribution < 1.29 is 9.84 Å². The SMILES string of the molecule is Oc1ccccc1C1=NN2[C@@H](C1)c1cc(Cl)ccc1O[C@H]2c1ccccn1. The fraction of sp³-hybridized carbons (Fsp3) is 0.143. The van der Waals surface area contributed by atoms with Gasteiger partial charge in [0.2, 0.25) is 6.23 Å². The third-order valence-corrected chi connectivity index (χ3v) is 5.14. The van der Waals surface area contributed by atoms with E-state index in [-0.39, 0.29) is 11.8 Å². The number of nitrogens with zero attached hydrogens (tertiary/aromatic N) is 3. The first-order valence-corrected chi connectivity index (χ1v) is 9.10. The van der Waals surface area contributed by atoms with E-state index in [2.05, 4.69) is 4.98 Å². The van der Waals surface area contributed by atoms with Gasteiger partial charge in [-0.2, -0.15) is 5.10 Å². The van der Waals surface area contributed by atoms with Crippen molar-refractivity contribution in [3.63, 3.8) is 0 Å². The lowest BCUT2D eigenvalue weighted by molar-refractivity contribution is -0.0218. The highest BCUT2D eigenvalue weighted by atomic mass is 35.5. The second-order valence-corrected chi connectivity index (χ2v) is 7.01. The number of aromatic nitrogens is 1. The number of phenolic OH excluding ortho intramolecular Hbond substituents is 1. The van der Waals surface area contributed by atoms with Crippen LogP contribution in [0.25, 0.3) is 0 Å². The molecule has 3 aromatic rings. The van der Waals surface area contributed by atoms with E-state index in [0.29, 0.717) is 11.4 Å². The van der Waals surface area contributed by atoms with Crippen LogP contribution in [0, 0.1) is 0 Å². The summed E-state index contributed by atoms with van der Waals surface area (Å²) in [5.41, 5.74) is 3.32. The van der Waals surface area contributed by atoms with Gasteiger partial charge in [-0.05, 0) is 42.5 Å². The van der Waals surface area contributed by atoms with Gasteiger partial charge in [0, 0.05) is 28.8 Å². The molecule has 27 heavy (non-hydrogen) atoms. The normalized spacial score (nSPS) is 20.5. The van der Waals surface area contributed by atoms with Crippen LogP contribution >= 0.6 is 11.6 Å². The van der Waals surface area contributed by atoms with Crippen molar-refractivity contribution in [1.82, 2.24) is 9.99 Å². The van der Waals surface area contributed by atoms with Crippen LogP contribution in [0.15, 0.2) is 72.0 Å². The van der Waals surface area contributed by atoms with Crippen LogP contribution in [-0.4, -0.2) is 20.8 Å². The Hall–Kier alpha value is -3.05. The van der Waals surface area contributed by atoms with Crippen LogP contribution in [-0.2, 0) is 0 Å². The first-order valence-electron chi connectivity index (χ1n) is 8.72. The molecule has 1 aromatic heterocycles. The van der Waals surface area contributed by atoms with Gasteiger partial charge in [-0.25, -0.2) is 5.01 Å². The fourth-order valence-electron chi connectivity index (χ4n) is 3.66. The number of pyridine rings is 1. The Morgan fingerprint density at radius 1 is 1.07 bits per heavy atom. The number of rotatable bonds is 2. The Morgan fingerprint density at radius 2 is 1.93 bits per heavy atom. The quantitative estimate of drug-likeness (QED) is 0.704. The van der Waals surface area contributed by atoms with Gasteiger partial charge in [-0.1, -0.05) is 29.8 Å². The third kappa shape index (κ3) is 2.71. The topological polar surface area (TPSA) is 58.0 Å². The molecule has 2 aromatic carbocycles. The molecule has 5 nitrogen and oxygen atoms in total. The number of fused-ring (bicyclic) bond motifs is 3. The number of hydrazone groups is 1. The number of halogens is 1. The molecule has 0 amide bonds. The van der Waals surface area contributed by atoms with Gasteiger partial charge >= 0.3 is 0 Å². The Labute approximate surface area is 161 Å². The second-order valence-electron chi connectivity index (χ2n) is 6.57. The highest BCUT2D eigenvalue weighted by Gasteiger charge is 2.41. The second kappa shape index (κ2) is 6.28. The first kappa shape index (κ1) is 16.1. The molecule has 2 atom stereocenters. The van der Waals surface area contributed by atoms with E-state index in [9.17, 15) is 5.11 Å². The summed E-state index contributed by atoms with van der Waals surface area (Å²) in [5.74, 6) is 1.00. The number of aromatic hydroxyl groups is 1.